The van der Waals surface area contributed by atoms with Gasteiger partial charge in [-0.05, 0) is 38.1 Å². The molecule has 3 nitrogen and oxygen atoms in total. The summed E-state index contributed by atoms with van der Waals surface area (Å²) in [6.07, 6.45) is -4.41. The Labute approximate surface area is 109 Å². The van der Waals surface area contributed by atoms with E-state index in [4.69, 9.17) is 5.11 Å². The van der Waals surface area contributed by atoms with Crippen LogP contribution in [-0.2, 0) is 6.18 Å². The molecular formula is C13H16F3NO2. The maximum atomic E-state index is 12.4. The van der Waals surface area contributed by atoms with Gasteiger partial charge in [0, 0.05) is 18.2 Å². The highest BCUT2D eigenvalue weighted by Gasteiger charge is 2.30. The average Bonchev–Trinajstić information content (AvgIpc) is 2.34. The molecule has 0 unspecified atom stereocenters. The molecule has 1 rings (SSSR count). The molecule has 106 valence electrons. The number of aliphatic hydroxyl groups excluding tert-OH is 1. The minimum absolute atomic E-state index is 0.137. The first-order chi connectivity index (χ1) is 8.77. The lowest BCUT2D eigenvalue weighted by Crippen LogP contribution is -2.39. The third-order valence-corrected chi connectivity index (χ3v) is 2.68. The Hall–Kier alpha value is -1.56. The molecule has 1 aromatic rings. The van der Waals surface area contributed by atoms with Crippen molar-refractivity contribution in [2.24, 2.45) is 0 Å². The molecule has 0 aliphatic heterocycles. The normalized spacial score (nSPS) is 11.7. The first-order valence-electron chi connectivity index (χ1n) is 5.86. The summed E-state index contributed by atoms with van der Waals surface area (Å²) >= 11 is 0. The summed E-state index contributed by atoms with van der Waals surface area (Å²) in [5.41, 5.74) is -0.613. The number of hydrogen-bond acceptors (Lipinski definition) is 2. The zero-order valence-corrected chi connectivity index (χ0v) is 10.7. The van der Waals surface area contributed by atoms with Crippen molar-refractivity contribution in [3.63, 3.8) is 0 Å². The highest BCUT2D eigenvalue weighted by Crippen LogP contribution is 2.29. The molecule has 0 spiro atoms. The molecule has 19 heavy (non-hydrogen) atoms. The van der Waals surface area contributed by atoms with Gasteiger partial charge in [-0.3, -0.25) is 4.79 Å². The molecule has 0 saturated carbocycles. The Morgan fingerprint density at radius 1 is 1.26 bits per heavy atom. The molecule has 0 aromatic heterocycles. The topological polar surface area (TPSA) is 40.5 Å². The van der Waals surface area contributed by atoms with Gasteiger partial charge < -0.3 is 10.0 Å². The van der Waals surface area contributed by atoms with Crippen LogP contribution in [0.25, 0.3) is 0 Å². The predicted octanol–water partition coefficient (Wildman–Crippen LogP) is 2.55. The van der Waals surface area contributed by atoms with Gasteiger partial charge in [0.15, 0.2) is 0 Å². The van der Waals surface area contributed by atoms with E-state index in [0.717, 1.165) is 24.3 Å². The van der Waals surface area contributed by atoms with Crippen molar-refractivity contribution >= 4 is 5.91 Å². The first kappa shape index (κ1) is 15.5. The van der Waals surface area contributed by atoms with Gasteiger partial charge in [-0.15, -0.1) is 0 Å². The van der Waals surface area contributed by atoms with Crippen molar-refractivity contribution in [3.8, 4) is 0 Å². The Morgan fingerprint density at radius 2 is 1.79 bits per heavy atom. The van der Waals surface area contributed by atoms with Gasteiger partial charge in [-0.2, -0.15) is 13.2 Å². The summed E-state index contributed by atoms with van der Waals surface area (Å²) < 4.78 is 37.2. The van der Waals surface area contributed by atoms with Crippen molar-refractivity contribution in [1.29, 1.82) is 0 Å². The van der Waals surface area contributed by atoms with E-state index >= 15 is 0 Å². The highest BCUT2D eigenvalue weighted by molar-refractivity contribution is 5.94. The van der Waals surface area contributed by atoms with Crippen LogP contribution < -0.4 is 0 Å². The second kappa shape index (κ2) is 6.06. The average molecular weight is 275 g/mol. The van der Waals surface area contributed by atoms with Crippen molar-refractivity contribution in [2.45, 2.75) is 26.1 Å². The van der Waals surface area contributed by atoms with Gasteiger partial charge in [-0.25, -0.2) is 0 Å². The largest absolute Gasteiger partial charge is 0.416 e. The third kappa shape index (κ3) is 3.96. The van der Waals surface area contributed by atoms with E-state index in [1.54, 1.807) is 13.8 Å². The van der Waals surface area contributed by atoms with Gasteiger partial charge in [0.05, 0.1) is 12.2 Å². The van der Waals surface area contributed by atoms with E-state index in [1.165, 1.54) is 4.90 Å². The minimum atomic E-state index is -4.41. The molecule has 0 aliphatic carbocycles. The molecule has 1 amide bonds. The number of alkyl halides is 3. The van der Waals surface area contributed by atoms with Crippen LogP contribution in [0.15, 0.2) is 24.3 Å². The van der Waals surface area contributed by atoms with Crippen LogP contribution in [0.4, 0.5) is 13.2 Å². The predicted molar refractivity (Wildman–Crippen MR) is 64.7 cm³/mol. The summed E-state index contributed by atoms with van der Waals surface area (Å²) in [6, 6.07) is 3.92. The zero-order valence-electron chi connectivity index (χ0n) is 10.7. The minimum Gasteiger partial charge on any atom is -0.395 e. The molecule has 6 heteroatoms. The number of halogens is 3. The standard InChI is InChI=1S/C13H16F3NO2/c1-9(2)17(7-8-18)12(19)10-3-5-11(6-4-10)13(14,15)16/h3-6,9,18H,7-8H2,1-2H3. The van der Waals surface area contributed by atoms with Crippen molar-refractivity contribution in [2.75, 3.05) is 13.2 Å². The monoisotopic (exact) mass is 275 g/mol. The van der Waals surface area contributed by atoms with Crippen LogP contribution >= 0.6 is 0 Å². The summed E-state index contributed by atoms with van der Waals surface area (Å²) in [7, 11) is 0. The molecule has 0 aliphatic rings. The lowest BCUT2D eigenvalue weighted by molar-refractivity contribution is -0.137. The Morgan fingerprint density at radius 3 is 2.16 bits per heavy atom. The maximum Gasteiger partial charge on any atom is 0.416 e. The molecule has 0 fully saturated rings. The molecule has 1 N–H and O–H groups in total. The number of benzene rings is 1. The summed E-state index contributed by atoms with van der Waals surface area (Å²) in [5, 5.41) is 8.89. The Bertz CT molecular complexity index is 427. The quantitative estimate of drug-likeness (QED) is 0.917. The van der Waals surface area contributed by atoms with Gasteiger partial charge in [-0.1, -0.05) is 0 Å². The van der Waals surface area contributed by atoms with E-state index in [0.29, 0.717) is 0 Å². The van der Waals surface area contributed by atoms with Gasteiger partial charge in [0.25, 0.3) is 5.91 Å². The molecule has 0 bridgehead atoms. The fourth-order valence-corrected chi connectivity index (χ4v) is 1.67. The molecular weight excluding hydrogens is 259 g/mol. The maximum absolute atomic E-state index is 12.4. The fourth-order valence-electron chi connectivity index (χ4n) is 1.67. The Kier molecular flexibility index (Phi) is 4.94. The van der Waals surface area contributed by atoms with Crippen LogP contribution in [0.3, 0.4) is 0 Å². The number of hydrogen-bond donors (Lipinski definition) is 1. The fraction of sp³-hybridized carbons (Fsp3) is 0.462. The number of rotatable bonds is 4. The number of nitrogens with zero attached hydrogens (tertiary/aromatic N) is 1. The number of amides is 1. The lowest BCUT2D eigenvalue weighted by Gasteiger charge is -2.26. The van der Waals surface area contributed by atoms with Crippen molar-refractivity contribution < 1.29 is 23.1 Å². The van der Waals surface area contributed by atoms with Gasteiger partial charge in [0.2, 0.25) is 0 Å². The van der Waals surface area contributed by atoms with E-state index < -0.39 is 17.6 Å². The third-order valence-electron chi connectivity index (χ3n) is 2.68. The van der Waals surface area contributed by atoms with Crippen LogP contribution in [-0.4, -0.2) is 35.1 Å². The molecule has 0 heterocycles. The lowest BCUT2D eigenvalue weighted by atomic mass is 10.1. The highest BCUT2D eigenvalue weighted by atomic mass is 19.4. The van der Waals surface area contributed by atoms with E-state index in [1.807, 2.05) is 0 Å². The van der Waals surface area contributed by atoms with Crippen molar-refractivity contribution in [1.82, 2.24) is 4.90 Å². The number of aliphatic hydroxyl groups is 1. The van der Waals surface area contributed by atoms with Crippen LogP contribution in [0.5, 0.6) is 0 Å². The Balaban J connectivity index is 2.94. The van der Waals surface area contributed by atoms with E-state index in [-0.39, 0.29) is 24.8 Å². The van der Waals surface area contributed by atoms with Crippen LogP contribution in [0, 0.1) is 0 Å². The molecule has 0 atom stereocenters. The molecule has 1 aromatic carbocycles. The second-order valence-electron chi connectivity index (χ2n) is 4.39. The number of carbonyl (C=O) groups excluding carboxylic acids is 1. The molecule has 0 saturated heterocycles. The van der Waals surface area contributed by atoms with Crippen LogP contribution in [0.2, 0.25) is 0 Å². The van der Waals surface area contributed by atoms with Crippen LogP contribution in [0.1, 0.15) is 29.8 Å². The SMILES string of the molecule is CC(C)N(CCO)C(=O)c1ccc(C(F)(F)F)cc1. The summed E-state index contributed by atoms with van der Waals surface area (Å²) in [4.78, 5) is 13.5. The summed E-state index contributed by atoms with van der Waals surface area (Å²) in [5.74, 6) is -0.391. The van der Waals surface area contributed by atoms with Crippen molar-refractivity contribution in [3.05, 3.63) is 35.4 Å². The zero-order chi connectivity index (χ0) is 14.6. The second-order valence-corrected chi connectivity index (χ2v) is 4.39. The first-order valence-corrected chi connectivity index (χ1v) is 5.86. The van der Waals surface area contributed by atoms with Gasteiger partial charge in [0.1, 0.15) is 0 Å². The van der Waals surface area contributed by atoms with E-state index in [2.05, 4.69) is 0 Å². The smallest absolute Gasteiger partial charge is 0.395 e. The number of carbonyl (C=O) groups is 1. The molecule has 0 radical (unpaired) electrons. The van der Waals surface area contributed by atoms with Gasteiger partial charge >= 0.3 is 6.18 Å². The van der Waals surface area contributed by atoms with E-state index in [9.17, 15) is 18.0 Å². The summed E-state index contributed by atoms with van der Waals surface area (Å²) in [6.45, 7) is 3.51.